The van der Waals surface area contributed by atoms with Gasteiger partial charge in [0.15, 0.2) is 11.7 Å². The maximum absolute atomic E-state index is 12.5. The Kier molecular flexibility index (Phi) is 9.21. The second-order valence-electron chi connectivity index (χ2n) is 8.04. The Labute approximate surface area is 201 Å². The topological polar surface area (TPSA) is 70.3 Å². The Bertz CT molecular complexity index is 842. The Hall–Kier alpha value is -2.23. The number of aliphatic imine (C=N–C) groups is 1. The summed E-state index contributed by atoms with van der Waals surface area (Å²) in [6, 6.07) is 11.6. The predicted octanol–water partition coefficient (Wildman–Crippen LogP) is 3.61. The zero-order chi connectivity index (χ0) is 21.6. The minimum atomic E-state index is -0.107. The molecule has 1 aliphatic heterocycles. The summed E-state index contributed by atoms with van der Waals surface area (Å²) in [7, 11) is 1.68. The first-order valence-electron chi connectivity index (χ1n) is 10.4. The van der Waals surface area contributed by atoms with E-state index in [2.05, 4.69) is 43.1 Å². The van der Waals surface area contributed by atoms with Gasteiger partial charge in [0.05, 0.1) is 19.9 Å². The maximum atomic E-state index is 12.5. The normalized spacial score (nSPS) is 14.8. The molecular formula is C23H33IN4O3. The molecule has 0 saturated carbocycles. The van der Waals surface area contributed by atoms with E-state index >= 15 is 0 Å². The van der Waals surface area contributed by atoms with Crippen LogP contribution in [0.4, 0.5) is 0 Å². The van der Waals surface area contributed by atoms with Crippen LogP contribution in [0.2, 0.25) is 0 Å². The fourth-order valence-electron chi connectivity index (χ4n) is 3.51. The number of rotatable bonds is 6. The lowest BCUT2D eigenvalue weighted by atomic mass is 9.85. The van der Waals surface area contributed by atoms with E-state index in [0.717, 1.165) is 31.3 Å². The SMILES string of the molecule is CCNC(=NCC(C)(C)c1ccc(OC)cc1)N1CCN(C(=O)c2ccco2)CC1.I. The number of carbonyl (C=O) groups excluding carboxylic acids is 1. The summed E-state index contributed by atoms with van der Waals surface area (Å²) in [4.78, 5) is 21.5. The number of amides is 1. The molecule has 1 aromatic carbocycles. The van der Waals surface area contributed by atoms with Crippen molar-refractivity contribution in [1.82, 2.24) is 15.1 Å². The number of piperazine rings is 1. The highest BCUT2D eigenvalue weighted by Gasteiger charge is 2.26. The lowest BCUT2D eigenvalue weighted by Crippen LogP contribution is -2.54. The fraction of sp³-hybridized carbons (Fsp3) is 0.478. The largest absolute Gasteiger partial charge is 0.497 e. The van der Waals surface area contributed by atoms with E-state index in [1.54, 1.807) is 19.2 Å². The highest BCUT2D eigenvalue weighted by atomic mass is 127. The van der Waals surface area contributed by atoms with Crippen molar-refractivity contribution in [3.8, 4) is 5.75 Å². The van der Waals surface area contributed by atoms with Crippen molar-refractivity contribution in [2.24, 2.45) is 4.99 Å². The molecule has 0 spiro atoms. The molecule has 2 aromatic rings. The van der Waals surface area contributed by atoms with E-state index in [1.807, 2.05) is 17.0 Å². The Balaban J connectivity index is 0.00000341. The highest BCUT2D eigenvalue weighted by Crippen LogP contribution is 2.25. The average molecular weight is 540 g/mol. The molecule has 1 N–H and O–H groups in total. The Morgan fingerprint density at radius 1 is 1.13 bits per heavy atom. The zero-order valence-corrected chi connectivity index (χ0v) is 21.1. The average Bonchev–Trinajstić information content (AvgIpc) is 3.31. The van der Waals surface area contributed by atoms with Crippen molar-refractivity contribution in [2.45, 2.75) is 26.2 Å². The number of hydrogen-bond acceptors (Lipinski definition) is 4. The molecule has 0 atom stereocenters. The van der Waals surface area contributed by atoms with Crippen LogP contribution in [0, 0.1) is 0 Å². The van der Waals surface area contributed by atoms with E-state index in [4.69, 9.17) is 14.1 Å². The molecule has 0 unspecified atom stereocenters. The molecule has 1 aromatic heterocycles. The number of methoxy groups -OCH3 is 1. The summed E-state index contributed by atoms with van der Waals surface area (Å²) in [6.07, 6.45) is 1.53. The van der Waals surface area contributed by atoms with Gasteiger partial charge in [-0.1, -0.05) is 26.0 Å². The number of carbonyl (C=O) groups is 1. The molecule has 1 aliphatic rings. The van der Waals surface area contributed by atoms with Gasteiger partial charge in [-0.25, -0.2) is 0 Å². The summed E-state index contributed by atoms with van der Waals surface area (Å²) in [5.41, 5.74) is 1.11. The van der Waals surface area contributed by atoms with Crippen LogP contribution in [-0.2, 0) is 5.41 Å². The Morgan fingerprint density at radius 3 is 2.32 bits per heavy atom. The van der Waals surface area contributed by atoms with E-state index in [0.29, 0.717) is 25.4 Å². The molecule has 170 valence electrons. The number of nitrogens with zero attached hydrogens (tertiary/aromatic N) is 3. The van der Waals surface area contributed by atoms with Gasteiger partial charge in [0, 0.05) is 38.1 Å². The first-order valence-corrected chi connectivity index (χ1v) is 10.4. The zero-order valence-electron chi connectivity index (χ0n) is 18.8. The minimum absolute atomic E-state index is 0. The van der Waals surface area contributed by atoms with Crippen LogP contribution in [0.25, 0.3) is 0 Å². The highest BCUT2D eigenvalue weighted by molar-refractivity contribution is 14.0. The lowest BCUT2D eigenvalue weighted by molar-refractivity contribution is 0.0657. The van der Waals surface area contributed by atoms with Crippen LogP contribution in [0.5, 0.6) is 5.75 Å². The first-order chi connectivity index (χ1) is 14.4. The van der Waals surface area contributed by atoms with Crippen molar-refractivity contribution in [3.05, 3.63) is 54.0 Å². The predicted molar refractivity (Wildman–Crippen MR) is 134 cm³/mol. The van der Waals surface area contributed by atoms with Gasteiger partial charge < -0.3 is 24.3 Å². The van der Waals surface area contributed by atoms with E-state index in [1.165, 1.54) is 11.8 Å². The van der Waals surface area contributed by atoms with Crippen LogP contribution in [-0.4, -0.2) is 68.0 Å². The van der Waals surface area contributed by atoms with Gasteiger partial charge in [0.2, 0.25) is 0 Å². The molecule has 31 heavy (non-hydrogen) atoms. The van der Waals surface area contributed by atoms with Gasteiger partial charge in [-0.15, -0.1) is 24.0 Å². The molecule has 1 fully saturated rings. The first kappa shape index (κ1) is 25.0. The molecule has 0 aliphatic carbocycles. The molecule has 7 nitrogen and oxygen atoms in total. The van der Waals surface area contributed by atoms with Crippen molar-refractivity contribution in [2.75, 3.05) is 46.4 Å². The van der Waals surface area contributed by atoms with Crippen LogP contribution in [0.3, 0.4) is 0 Å². The summed E-state index contributed by atoms with van der Waals surface area (Å²) < 4.78 is 10.5. The quantitative estimate of drug-likeness (QED) is 0.345. The van der Waals surface area contributed by atoms with Crippen LogP contribution < -0.4 is 10.1 Å². The third kappa shape index (κ3) is 6.38. The van der Waals surface area contributed by atoms with Gasteiger partial charge >= 0.3 is 0 Å². The second kappa shape index (κ2) is 11.4. The van der Waals surface area contributed by atoms with Crippen molar-refractivity contribution >= 4 is 35.8 Å². The molecule has 0 bridgehead atoms. The number of nitrogens with one attached hydrogen (secondary N) is 1. The van der Waals surface area contributed by atoms with Crippen LogP contribution in [0.15, 0.2) is 52.1 Å². The number of hydrogen-bond donors (Lipinski definition) is 1. The fourth-order valence-corrected chi connectivity index (χ4v) is 3.51. The molecule has 1 saturated heterocycles. The summed E-state index contributed by atoms with van der Waals surface area (Å²) >= 11 is 0. The number of ether oxygens (including phenoxy) is 1. The van der Waals surface area contributed by atoms with Gasteiger partial charge in [0.1, 0.15) is 5.75 Å². The van der Waals surface area contributed by atoms with Crippen molar-refractivity contribution in [3.63, 3.8) is 0 Å². The molecule has 1 amide bonds. The van der Waals surface area contributed by atoms with Gasteiger partial charge in [-0.2, -0.15) is 0 Å². The number of halogens is 1. The number of furan rings is 1. The number of benzene rings is 1. The molecule has 2 heterocycles. The summed E-state index contributed by atoms with van der Waals surface area (Å²) in [5, 5.41) is 3.40. The standard InChI is InChI=1S/C23H32N4O3.HI/c1-5-24-22(25-17-23(2,3)18-8-10-19(29-4)11-9-18)27-14-12-26(13-15-27)21(28)20-7-6-16-30-20;/h6-11,16H,5,12-15,17H2,1-4H3,(H,24,25);1H. The number of guanidine groups is 1. The van der Waals surface area contributed by atoms with E-state index < -0.39 is 0 Å². The third-order valence-corrected chi connectivity index (χ3v) is 5.43. The molecule has 0 radical (unpaired) electrons. The monoisotopic (exact) mass is 540 g/mol. The third-order valence-electron chi connectivity index (χ3n) is 5.43. The Morgan fingerprint density at radius 2 is 1.77 bits per heavy atom. The minimum Gasteiger partial charge on any atom is -0.497 e. The van der Waals surface area contributed by atoms with Crippen LogP contribution >= 0.6 is 24.0 Å². The van der Waals surface area contributed by atoms with Gasteiger partial charge in [-0.05, 0) is 36.8 Å². The lowest BCUT2D eigenvalue weighted by Gasteiger charge is -2.36. The van der Waals surface area contributed by atoms with Crippen molar-refractivity contribution < 1.29 is 13.9 Å². The second-order valence-corrected chi connectivity index (χ2v) is 8.04. The van der Waals surface area contributed by atoms with Gasteiger partial charge in [0.25, 0.3) is 5.91 Å². The molecule has 8 heteroatoms. The summed E-state index contributed by atoms with van der Waals surface area (Å²) in [6.45, 7) is 10.7. The van der Waals surface area contributed by atoms with Crippen LogP contribution in [0.1, 0.15) is 36.9 Å². The van der Waals surface area contributed by atoms with E-state index in [-0.39, 0.29) is 35.3 Å². The van der Waals surface area contributed by atoms with Crippen molar-refractivity contribution in [1.29, 1.82) is 0 Å². The van der Waals surface area contributed by atoms with Gasteiger partial charge in [-0.3, -0.25) is 9.79 Å². The van der Waals surface area contributed by atoms with E-state index in [9.17, 15) is 4.79 Å². The molecule has 3 rings (SSSR count). The smallest absolute Gasteiger partial charge is 0.289 e. The summed E-state index contributed by atoms with van der Waals surface area (Å²) in [5.74, 6) is 2.09. The maximum Gasteiger partial charge on any atom is 0.289 e. The molecular weight excluding hydrogens is 507 g/mol.